The molecule has 7 aromatic carbocycles. The van der Waals surface area contributed by atoms with Gasteiger partial charge < -0.3 is 14.6 Å². The predicted octanol–water partition coefficient (Wildman–Crippen LogP) is -3.86. The van der Waals surface area contributed by atoms with Gasteiger partial charge in [-0.05, 0) is 53.5 Å². The molecule has 10 aromatic rings. The van der Waals surface area contributed by atoms with Gasteiger partial charge in [0.05, 0.1) is 16.7 Å². The molecule has 0 atom stereocenters. The molecule has 0 aliphatic heterocycles. The van der Waals surface area contributed by atoms with Crippen molar-refractivity contribution in [2.45, 2.75) is 0 Å². The highest BCUT2D eigenvalue weighted by Gasteiger charge is 2.24. The third-order valence-electron chi connectivity index (χ3n) is 13.8. The molecule has 0 unspecified atom stereocenters. The minimum absolute atomic E-state index is 0.346. The number of fused-ring (bicyclic) bond motifs is 6. The maximum absolute atomic E-state index is 11.4. The van der Waals surface area contributed by atoms with E-state index in [-0.39, 0.29) is 0 Å². The van der Waals surface area contributed by atoms with Crippen LogP contribution >= 0.6 is 11.3 Å². The lowest BCUT2D eigenvalue weighted by molar-refractivity contribution is 0.484. The van der Waals surface area contributed by atoms with Crippen molar-refractivity contribution in [3.05, 3.63) is 109 Å². The van der Waals surface area contributed by atoms with E-state index in [0.717, 1.165) is 71.9 Å². The van der Waals surface area contributed by atoms with E-state index < -0.39 is 0 Å². The smallest absolute Gasteiger partial charge is 0.233 e. The average molecular weight is 808 g/mol. The number of aromatic nitrogens is 4. The van der Waals surface area contributed by atoms with Crippen molar-refractivity contribution in [3.63, 3.8) is 0 Å². The fourth-order valence-electron chi connectivity index (χ4n) is 9.60. The highest BCUT2D eigenvalue weighted by Crippen LogP contribution is 2.40. The summed E-state index contributed by atoms with van der Waals surface area (Å²) in [6, 6.07) is 39.0. The summed E-state index contributed by atoms with van der Waals surface area (Å²) in [6.07, 6.45) is 0. The second kappa shape index (κ2) is 15.0. The lowest BCUT2D eigenvalue weighted by atomic mass is 9.60. The van der Waals surface area contributed by atoms with Gasteiger partial charge in [-0.3, -0.25) is 0 Å². The Morgan fingerprint density at radius 2 is 1.10 bits per heavy atom. The van der Waals surface area contributed by atoms with Crippen LogP contribution in [0.5, 0.6) is 5.75 Å². The molecule has 62 heavy (non-hydrogen) atoms. The molecule has 0 spiro atoms. The summed E-state index contributed by atoms with van der Waals surface area (Å²) >= 11 is 1.81. The Morgan fingerprint density at radius 1 is 0.500 bits per heavy atom. The Kier molecular flexibility index (Phi) is 9.63. The van der Waals surface area contributed by atoms with Crippen LogP contribution in [0, 0.1) is 0 Å². The monoisotopic (exact) mass is 809 g/mol. The Hall–Kier alpha value is -6.25. The van der Waals surface area contributed by atoms with E-state index in [9.17, 15) is 5.11 Å². The van der Waals surface area contributed by atoms with Crippen LogP contribution in [0.1, 0.15) is 0 Å². The molecule has 0 aliphatic rings. The van der Waals surface area contributed by atoms with Gasteiger partial charge in [0.1, 0.15) is 76.4 Å². The summed E-state index contributed by atoms with van der Waals surface area (Å²) in [5, 5.41) is 16.1. The largest absolute Gasteiger partial charge is 0.509 e. The zero-order chi connectivity index (χ0) is 43.3. The first-order chi connectivity index (χ1) is 29.8. The zero-order valence-corrected chi connectivity index (χ0v) is 37.8. The van der Waals surface area contributed by atoms with E-state index in [1.54, 1.807) is 0 Å². The Morgan fingerprint density at radius 3 is 1.87 bits per heavy atom. The molecule has 0 saturated carbocycles. The normalized spacial score (nSPS) is 11.6. The van der Waals surface area contributed by atoms with Crippen LogP contribution in [-0.4, -0.2) is 102 Å². The SMILES string of the molecule is Bc1c(B)c(B)c(-c2nc(-c3ccc4sc5ccccc5c4c3)nc(N(C)c3ccccc3-c3ccc4c5ccccc5n(-c5c(B)c(B)c(B)c(O)c5B)c4c3)n2)c(B)c1B. The summed E-state index contributed by atoms with van der Waals surface area (Å²) < 4.78 is 4.84. The average Bonchev–Trinajstić information content (AvgIpc) is 3.83. The maximum atomic E-state index is 11.4. The molecule has 0 radical (unpaired) electrons. The summed E-state index contributed by atoms with van der Waals surface area (Å²) in [5.41, 5.74) is 18.5. The first-order valence-corrected chi connectivity index (χ1v) is 22.1. The van der Waals surface area contributed by atoms with Crippen LogP contribution in [0.25, 0.3) is 81.6 Å². The van der Waals surface area contributed by atoms with E-state index in [1.807, 2.05) is 27.0 Å². The Bertz CT molecular complexity index is 3480. The quantitative estimate of drug-likeness (QED) is 0.175. The molecular formula is C46H40B9N5OS. The fourth-order valence-corrected chi connectivity index (χ4v) is 10.7. The molecule has 0 aliphatic carbocycles. The lowest BCUT2D eigenvalue weighted by Gasteiger charge is -2.24. The van der Waals surface area contributed by atoms with Crippen molar-refractivity contribution in [1.82, 2.24) is 19.5 Å². The van der Waals surface area contributed by atoms with Gasteiger partial charge in [0.15, 0.2) is 11.6 Å². The predicted molar refractivity (Wildman–Crippen MR) is 293 cm³/mol. The van der Waals surface area contributed by atoms with Crippen LogP contribution < -0.4 is 54.1 Å². The number of anilines is 2. The number of phenolic OH excluding ortho intramolecular Hbond substituents is 1. The van der Waals surface area contributed by atoms with E-state index in [2.05, 4.69) is 181 Å². The minimum Gasteiger partial charge on any atom is -0.509 e. The summed E-state index contributed by atoms with van der Waals surface area (Å²) in [7, 11) is 21.3. The third-order valence-corrected chi connectivity index (χ3v) is 15.0. The van der Waals surface area contributed by atoms with Gasteiger partial charge in [-0.2, -0.15) is 9.97 Å². The second-order valence-electron chi connectivity index (χ2n) is 16.9. The number of hydrogen-bond donors (Lipinski definition) is 1. The van der Waals surface area contributed by atoms with E-state index >= 15 is 0 Å². The van der Waals surface area contributed by atoms with Gasteiger partial charge in [0.25, 0.3) is 0 Å². The highest BCUT2D eigenvalue weighted by atomic mass is 32.1. The molecular weight excluding hydrogens is 768 g/mol. The molecule has 3 aromatic heterocycles. The van der Waals surface area contributed by atoms with Crippen LogP contribution in [0.3, 0.4) is 0 Å². The van der Waals surface area contributed by atoms with Crippen molar-refractivity contribution < 1.29 is 5.11 Å². The number of phenols is 1. The molecule has 10 rings (SSSR count). The van der Waals surface area contributed by atoms with E-state index in [0.29, 0.717) is 23.3 Å². The molecule has 0 amide bonds. The number of rotatable bonds is 6. The second-order valence-corrected chi connectivity index (χ2v) is 18.0. The van der Waals surface area contributed by atoms with Crippen molar-refractivity contribution in [1.29, 1.82) is 0 Å². The maximum Gasteiger partial charge on any atom is 0.233 e. The first-order valence-electron chi connectivity index (χ1n) is 21.2. The molecule has 0 bridgehead atoms. The number of benzene rings is 7. The molecule has 16 heteroatoms. The Balaban J connectivity index is 1.18. The van der Waals surface area contributed by atoms with Gasteiger partial charge in [0.2, 0.25) is 5.95 Å². The zero-order valence-electron chi connectivity index (χ0n) is 37.0. The molecule has 288 valence electrons. The van der Waals surface area contributed by atoms with Gasteiger partial charge in [-0.15, -0.1) is 27.7 Å². The van der Waals surface area contributed by atoms with Crippen LogP contribution in [0.2, 0.25) is 0 Å². The van der Waals surface area contributed by atoms with Crippen molar-refractivity contribution in [2.24, 2.45) is 0 Å². The lowest BCUT2D eigenvalue weighted by Crippen LogP contribution is -2.55. The topological polar surface area (TPSA) is 67.1 Å². The summed E-state index contributed by atoms with van der Waals surface area (Å²) in [6.45, 7) is 0. The van der Waals surface area contributed by atoms with Crippen LogP contribution in [0.15, 0.2) is 109 Å². The summed E-state index contributed by atoms with van der Waals surface area (Å²) in [4.78, 5) is 18.0. The first kappa shape index (κ1) is 39.9. The highest BCUT2D eigenvalue weighted by molar-refractivity contribution is 7.25. The third kappa shape index (κ3) is 6.09. The fraction of sp³-hybridized carbons (Fsp3) is 0.0217. The number of nitrogens with zero attached hydrogens (tertiary/aromatic N) is 5. The van der Waals surface area contributed by atoms with Gasteiger partial charge >= 0.3 is 0 Å². The van der Waals surface area contributed by atoms with E-state index in [4.69, 9.17) is 15.0 Å². The van der Waals surface area contributed by atoms with Crippen LogP contribution in [0.4, 0.5) is 11.6 Å². The molecule has 1 N–H and O–H groups in total. The van der Waals surface area contributed by atoms with Crippen LogP contribution in [-0.2, 0) is 0 Å². The standard InChI is InChI=1S/C46H40B9N5OS/c1-59(27-11-5-2-8-22(27)20-14-16-24-23-9-3-6-12-28(23)60(29(24)19-20)42-39(53)38(52)40(54)43(61)41(42)55)46-57-44(21-15-17-31-26(18-21)25-10-4-7-13-30(25)62-31)56-45(58-46)32-33(47)35(49)37(51)36(50)34(32)48/h2-19,61H,47-55H2,1H3. The summed E-state index contributed by atoms with van der Waals surface area (Å²) in [5.74, 6) is 2.21. The number of para-hydroxylation sites is 2. The number of aromatic hydroxyl groups is 1. The molecule has 3 heterocycles. The van der Waals surface area contributed by atoms with Gasteiger partial charge in [0, 0.05) is 60.4 Å². The minimum atomic E-state index is 0.346. The molecule has 6 nitrogen and oxygen atoms in total. The van der Waals surface area contributed by atoms with Crippen molar-refractivity contribution in [3.8, 4) is 45.3 Å². The molecule has 0 fully saturated rings. The van der Waals surface area contributed by atoms with Crippen molar-refractivity contribution >= 4 is 185 Å². The van der Waals surface area contributed by atoms with Gasteiger partial charge in [-0.1, -0.05) is 94.0 Å². The van der Waals surface area contributed by atoms with Crippen molar-refractivity contribution in [2.75, 3.05) is 11.9 Å². The van der Waals surface area contributed by atoms with Gasteiger partial charge in [-0.25, -0.2) is 4.98 Å². The molecule has 0 saturated heterocycles. The number of thiophene rings is 1. The number of hydrogen-bond acceptors (Lipinski definition) is 6. The van der Waals surface area contributed by atoms with E-state index in [1.165, 1.54) is 52.9 Å². The Labute approximate surface area is 373 Å².